The molecule has 1 aromatic rings. The number of benzene rings is 1. The van der Waals surface area contributed by atoms with Gasteiger partial charge in [-0.3, -0.25) is 10.6 Å². The van der Waals surface area contributed by atoms with Crippen LogP contribution in [0.25, 0.3) is 5.57 Å². The molecule has 0 saturated carbocycles. The van der Waals surface area contributed by atoms with Crippen LogP contribution in [0.3, 0.4) is 0 Å². The van der Waals surface area contributed by atoms with Gasteiger partial charge < -0.3 is 0 Å². The van der Waals surface area contributed by atoms with Crippen molar-refractivity contribution in [1.29, 1.82) is 0 Å². The smallest absolute Gasteiger partial charge is 0.0842 e. The molecule has 1 fully saturated rings. The molecule has 0 amide bonds. The lowest BCUT2D eigenvalue weighted by atomic mass is 9.85. The van der Waals surface area contributed by atoms with Crippen LogP contribution >= 0.6 is 22.6 Å². The van der Waals surface area contributed by atoms with E-state index in [1.807, 2.05) is 0 Å². The molecule has 0 radical (unpaired) electrons. The number of allylic oxidation sites excluding steroid dienone is 9. The van der Waals surface area contributed by atoms with Crippen LogP contribution in [0, 0.1) is 5.92 Å². The summed E-state index contributed by atoms with van der Waals surface area (Å²) in [7, 11) is 0. The van der Waals surface area contributed by atoms with Crippen LogP contribution in [0.4, 0.5) is 0 Å². The SMILES string of the molecule is C/C=C\C(=C/C)C/C=C\C(=C/C)C1NC(I)CC(C2C=CC(c3ccccc3)=CC2)N1. The topological polar surface area (TPSA) is 24.1 Å². The van der Waals surface area contributed by atoms with E-state index in [9.17, 15) is 0 Å². The van der Waals surface area contributed by atoms with Gasteiger partial charge in [-0.25, -0.2) is 0 Å². The van der Waals surface area contributed by atoms with Gasteiger partial charge in [0.25, 0.3) is 0 Å². The highest BCUT2D eigenvalue weighted by atomic mass is 127. The van der Waals surface area contributed by atoms with E-state index in [2.05, 4.69) is 139 Å². The van der Waals surface area contributed by atoms with Crippen molar-refractivity contribution in [1.82, 2.24) is 10.6 Å². The van der Waals surface area contributed by atoms with E-state index >= 15 is 0 Å². The number of hydrogen-bond acceptors (Lipinski definition) is 2. The molecular formula is C28H35IN2. The minimum atomic E-state index is 0.186. The Balaban J connectivity index is 1.63. The molecule has 2 nitrogen and oxygen atoms in total. The Hall–Kier alpha value is -1.69. The summed E-state index contributed by atoms with van der Waals surface area (Å²) in [6.07, 6.45) is 23.7. The molecule has 4 atom stereocenters. The van der Waals surface area contributed by atoms with E-state index in [1.54, 1.807) is 0 Å². The molecule has 0 aromatic heterocycles. The third-order valence-electron chi connectivity index (χ3n) is 6.03. The van der Waals surface area contributed by atoms with Crippen molar-refractivity contribution >= 4 is 28.2 Å². The number of alkyl halides is 1. The first-order valence-electron chi connectivity index (χ1n) is 11.3. The summed E-state index contributed by atoms with van der Waals surface area (Å²) in [5, 5.41) is 7.63. The van der Waals surface area contributed by atoms with Gasteiger partial charge in [0, 0.05) is 6.04 Å². The Morgan fingerprint density at radius 3 is 2.52 bits per heavy atom. The monoisotopic (exact) mass is 526 g/mol. The van der Waals surface area contributed by atoms with Crippen LogP contribution < -0.4 is 10.6 Å². The zero-order valence-corrected chi connectivity index (χ0v) is 21.0. The van der Waals surface area contributed by atoms with Crippen LogP contribution in [-0.2, 0) is 0 Å². The predicted molar refractivity (Wildman–Crippen MR) is 144 cm³/mol. The van der Waals surface area contributed by atoms with E-state index in [4.69, 9.17) is 0 Å². The van der Waals surface area contributed by atoms with Gasteiger partial charge in [0.2, 0.25) is 0 Å². The van der Waals surface area contributed by atoms with Crippen LogP contribution in [0.1, 0.15) is 45.6 Å². The fraction of sp³-hybridized carbons (Fsp3) is 0.357. The van der Waals surface area contributed by atoms with Crippen molar-refractivity contribution in [3.05, 3.63) is 102 Å². The molecule has 1 heterocycles. The Bertz CT molecular complexity index is 889. The maximum atomic E-state index is 3.89. The maximum absolute atomic E-state index is 3.89. The predicted octanol–water partition coefficient (Wildman–Crippen LogP) is 7.10. The van der Waals surface area contributed by atoms with Gasteiger partial charge in [-0.1, -0.05) is 108 Å². The first-order valence-corrected chi connectivity index (χ1v) is 12.6. The van der Waals surface area contributed by atoms with Crippen LogP contribution in [0.15, 0.2) is 96.2 Å². The lowest BCUT2D eigenvalue weighted by molar-refractivity contribution is 0.275. The van der Waals surface area contributed by atoms with Crippen molar-refractivity contribution < 1.29 is 0 Å². The highest BCUT2D eigenvalue weighted by Gasteiger charge is 2.31. The Labute approximate surface area is 202 Å². The molecular weight excluding hydrogens is 491 g/mol. The first-order chi connectivity index (χ1) is 15.1. The third-order valence-corrected chi connectivity index (χ3v) is 6.90. The molecule has 3 rings (SSSR count). The fourth-order valence-corrected chi connectivity index (χ4v) is 5.17. The normalized spacial score (nSPS) is 27.8. The second kappa shape index (κ2) is 12.4. The van der Waals surface area contributed by atoms with Crippen molar-refractivity contribution in [2.75, 3.05) is 0 Å². The lowest BCUT2D eigenvalue weighted by Gasteiger charge is -2.39. The molecule has 1 aliphatic heterocycles. The Morgan fingerprint density at radius 2 is 1.87 bits per heavy atom. The number of halogens is 1. The van der Waals surface area contributed by atoms with Gasteiger partial charge in [0.1, 0.15) is 0 Å². The minimum absolute atomic E-state index is 0.186. The summed E-state index contributed by atoms with van der Waals surface area (Å²) in [5.74, 6) is 0.528. The standard InChI is InChI=1S/C28H35IN2/c1-4-11-21(5-2)12-10-15-22(6-3)28-30-26(20-27(29)31-28)25-18-16-24(17-19-25)23-13-8-7-9-14-23/h4-11,13-18,25-28,30-31H,12,19-20H2,1-3H3/b11-4-,15-10-,21-5+,22-6+. The second-order valence-corrected chi connectivity index (χ2v) is 9.62. The van der Waals surface area contributed by atoms with Crippen LogP contribution in [0.2, 0.25) is 0 Å². The molecule has 2 aliphatic rings. The van der Waals surface area contributed by atoms with Crippen molar-refractivity contribution in [3.63, 3.8) is 0 Å². The minimum Gasteiger partial charge on any atom is -0.295 e. The summed E-state index contributed by atoms with van der Waals surface area (Å²) >= 11 is 2.55. The van der Waals surface area contributed by atoms with E-state index in [1.165, 1.54) is 22.3 Å². The summed E-state index contributed by atoms with van der Waals surface area (Å²) in [5.41, 5.74) is 5.30. The molecule has 0 bridgehead atoms. The van der Waals surface area contributed by atoms with Gasteiger partial charge in [-0.05, 0) is 68.2 Å². The van der Waals surface area contributed by atoms with Gasteiger partial charge in [-0.15, -0.1) is 0 Å². The van der Waals surface area contributed by atoms with E-state index in [0.717, 1.165) is 19.3 Å². The zero-order chi connectivity index (χ0) is 22.1. The highest BCUT2D eigenvalue weighted by molar-refractivity contribution is 14.1. The molecule has 1 aromatic carbocycles. The highest BCUT2D eigenvalue weighted by Crippen LogP contribution is 2.30. The van der Waals surface area contributed by atoms with Crippen LogP contribution in [0.5, 0.6) is 0 Å². The van der Waals surface area contributed by atoms with Gasteiger partial charge in [0.05, 0.1) is 10.2 Å². The lowest BCUT2D eigenvalue weighted by Crippen LogP contribution is -2.58. The zero-order valence-electron chi connectivity index (χ0n) is 18.9. The van der Waals surface area contributed by atoms with E-state index in [0.29, 0.717) is 16.0 Å². The Morgan fingerprint density at radius 1 is 1.06 bits per heavy atom. The third kappa shape index (κ3) is 6.90. The summed E-state index contributed by atoms with van der Waals surface area (Å²) in [6, 6.07) is 11.1. The van der Waals surface area contributed by atoms with Crippen molar-refractivity contribution in [2.24, 2.45) is 5.92 Å². The molecule has 1 aliphatic carbocycles. The van der Waals surface area contributed by atoms with Gasteiger partial charge in [-0.2, -0.15) is 0 Å². The van der Waals surface area contributed by atoms with E-state index in [-0.39, 0.29) is 6.17 Å². The second-order valence-electron chi connectivity index (χ2n) is 8.12. The average molecular weight is 527 g/mol. The molecule has 4 unspecified atom stereocenters. The molecule has 1 saturated heterocycles. The number of nitrogens with one attached hydrogen (secondary N) is 2. The van der Waals surface area contributed by atoms with E-state index < -0.39 is 0 Å². The van der Waals surface area contributed by atoms with Crippen molar-refractivity contribution in [2.45, 2.75) is 56.3 Å². The summed E-state index contributed by atoms with van der Waals surface area (Å²) in [4.78, 5) is 0. The quantitative estimate of drug-likeness (QED) is 0.171. The number of rotatable bonds is 7. The molecule has 2 N–H and O–H groups in total. The molecule has 0 spiro atoms. The first kappa shape index (κ1) is 24.0. The fourth-order valence-electron chi connectivity index (χ4n) is 4.26. The van der Waals surface area contributed by atoms with Crippen LogP contribution in [-0.4, -0.2) is 16.3 Å². The van der Waals surface area contributed by atoms with Crippen molar-refractivity contribution in [3.8, 4) is 0 Å². The molecule has 31 heavy (non-hydrogen) atoms. The largest absolute Gasteiger partial charge is 0.295 e. The number of hydrogen-bond donors (Lipinski definition) is 2. The van der Waals surface area contributed by atoms with Gasteiger partial charge in [0.15, 0.2) is 0 Å². The average Bonchev–Trinajstić information content (AvgIpc) is 2.81. The molecule has 3 heteroatoms. The van der Waals surface area contributed by atoms with Gasteiger partial charge >= 0.3 is 0 Å². The maximum Gasteiger partial charge on any atom is 0.0842 e. The summed E-state index contributed by atoms with van der Waals surface area (Å²) < 4.78 is 0.458. The summed E-state index contributed by atoms with van der Waals surface area (Å²) in [6.45, 7) is 6.30. The molecule has 164 valence electrons. The Kier molecular flexibility index (Phi) is 9.56.